The number of H-pyrrole nitrogens is 1. The third-order valence-electron chi connectivity index (χ3n) is 3.46. The number of hydrogen-bond acceptors (Lipinski definition) is 2. The number of aromatic nitrogens is 1. The van der Waals surface area contributed by atoms with Crippen molar-refractivity contribution in [2.75, 3.05) is 11.4 Å². The molecular weight excluding hydrogens is 276 g/mol. The standard InChI is InChI=1S/C15H13ClN2O2/c16-12-8-11(9-17-14(12)19)15(20)18-7-3-5-10-4-1-2-6-13(10)18/h1-2,4,6,8-9H,3,5,7H2,(H,17,19). The predicted molar refractivity (Wildman–Crippen MR) is 78.5 cm³/mol. The van der Waals surface area contributed by atoms with E-state index >= 15 is 0 Å². The van der Waals surface area contributed by atoms with Gasteiger partial charge in [-0.3, -0.25) is 9.59 Å². The fourth-order valence-electron chi connectivity index (χ4n) is 2.48. The van der Waals surface area contributed by atoms with Crippen LogP contribution in [-0.4, -0.2) is 17.4 Å². The lowest BCUT2D eigenvalue weighted by atomic mass is 10.0. The molecule has 1 amide bonds. The normalized spacial score (nSPS) is 13.9. The van der Waals surface area contributed by atoms with Crippen LogP contribution < -0.4 is 10.5 Å². The maximum absolute atomic E-state index is 12.6. The van der Waals surface area contributed by atoms with Crippen LogP contribution in [0.25, 0.3) is 0 Å². The van der Waals surface area contributed by atoms with Gasteiger partial charge in [0.1, 0.15) is 5.02 Å². The topological polar surface area (TPSA) is 53.2 Å². The number of aromatic amines is 1. The number of pyridine rings is 1. The molecule has 0 spiro atoms. The Hall–Kier alpha value is -2.07. The zero-order valence-corrected chi connectivity index (χ0v) is 11.5. The van der Waals surface area contributed by atoms with E-state index in [1.807, 2.05) is 24.3 Å². The molecule has 0 radical (unpaired) electrons. The Labute approximate surface area is 121 Å². The van der Waals surface area contributed by atoms with E-state index in [1.54, 1.807) is 4.90 Å². The minimum absolute atomic E-state index is 0.0288. The second kappa shape index (κ2) is 5.13. The Bertz CT molecular complexity index is 724. The van der Waals surface area contributed by atoms with Crippen molar-refractivity contribution < 1.29 is 4.79 Å². The number of rotatable bonds is 1. The summed E-state index contributed by atoms with van der Waals surface area (Å²) in [7, 11) is 0. The van der Waals surface area contributed by atoms with Crippen LogP contribution in [0.4, 0.5) is 5.69 Å². The summed E-state index contributed by atoms with van der Waals surface area (Å²) in [6.45, 7) is 0.673. The summed E-state index contributed by atoms with van der Waals surface area (Å²) < 4.78 is 0. The average Bonchev–Trinajstić information content (AvgIpc) is 2.49. The van der Waals surface area contributed by atoms with E-state index in [0.717, 1.165) is 18.5 Å². The summed E-state index contributed by atoms with van der Waals surface area (Å²) >= 11 is 5.78. The zero-order chi connectivity index (χ0) is 14.1. The Balaban J connectivity index is 1.99. The number of anilines is 1. The van der Waals surface area contributed by atoms with E-state index in [1.165, 1.54) is 17.8 Å². The highest BCUT2D eigenvalue weighted by Gasteiger charge is 2.23. The molecule has 0 saturated heterocycles. The van der Waals surface area contributed by atoms with Crippen LogP contribution in [0.3, 0.4) is 0 Å². The minimum atomic E-state index is -0.387. The van der Waals surface area contributed by atoms with Crippen LogP contribution in [0.1, 0.15) is 22.3 Å². The lowest BCUT2D eigenvalue weighted by molar-refractivity contribution is 0.0984. The molecule has 4 nitrogen and oxygen atoms in total. The van der Waals surface area contributed by atoms with E-state index in [0.29, 0.717) is 12.1 Å². The maximum atomic E-state index is 12.6. The summed E-state index contributed by atoms with van der Waals surface area (Å²) in [6, 6.07) is 9.29. The molecule has 1 aromatic carbocycles. The first-order valence-corrected chi connectivity index (χ1v) is 6.82. The molecule has 2 aromatic rings. The average molecular weight is 289 g/mol. The van der Waals surface area contributed by atoms with Crippen molar-refractivity contribution in [1.82, 2.24) is 4.98 Å². The lowest BCUT2D eigenvalue weighted by Crippen LogP contribution is -2.35. The van der Waals surface area contributed by atoms with Crippen molar-refractivity contribution in [1.29, 1.82) is 0 Å². The molecule has 0 saturated carbocycles. The molecule has 5 heteroatoms. The van der Waals surface area contributed by atoms with Crippen molar-refractivity contribution >= 4 is 23.2 Å². The minimum Gasteiger partial charge on any atom is -0.327 e. The van der Waals surface area contributed by atoms with Gasteiger partial charge in [-0.1, -0.05) is 29.8 Å². The first-order chi connectivity index (χ1) is 9.66. The second-order valence-electron chi connectivity index (χ2n) is 4.75. The van der Waals surface area contributed by atoms with Crippen LogP contribution >= 0.6 is 11.6 Å². The van der Waals surface area contributed by atoms with Gasteiger partial charge in [-0.2, -0.15) is 0 Å². The van der Waals surface area contributed by atoms with E-state index in [-0.39, 0.29) is 16.5 Å². The third-order valence-corrected chi connectivity index (χ3v) is 3.74. The lowest BCUT2D eigenvalue weighted by Gasteiger charge is -2.29. The summed E-state index contributed by atoms with van der Waals surface area (Å²) in [6.07, 6.45) is 3.32. The Kier molecular flexibility index (Phi) is 3.32. The summed E-state index contributed by atoms with van der Waals surface area (Å²) in [4.78, 5) is 28.0. The Morgan fingerprint density at radius 3 is 2.90 bits per heavy atom. The van der Waals surface area contributed by atoms with E-state index in [4.69, 9.17) is 11.6 Å². The number of halogens is 1. The largest absolute Gasteiger partial charge is 0.327 e. The molecule has 1 aromatic heterocycles. The molecule has 0 fully saturated rings. The third kappa shape index (κ3) is 2.23. The molecular formula is C15H13ClN2O2. The van der Waals surface area contributed by atoms with Gasteiger partial charge < -0.3 is 9.88 Å². The van der Waals surface area contributed by atoms with E-state index < -0.39 is 0 Å². The quantitative estimate of drug-likeness (QED) is 0.877. The highest BCUT2D eigenvalue weighted by atomic mass is 35.5. The van der Waals surface area contributed by atoms with Gasteiger partial charge in [-0.15, -0.1) is 0 Å². The molecule has 1 aliphatic rings. The van der Waals surface area contributed by atoms with E-state index in [2.05, 4.69) is 4.98 Å². The molecule has 1 N–H and O–H groups in total. The maximum Gasteiger partial charge on any atom is 0.266 e. The van der Waals surface area contributed by atoms with Gasteiger partial charge in [0.15, 0.2) is 0 Å². The zero-order valence-electron chi connectivity index (χ0n) is 10.7. The predicted octanol–water partition coefficient (Wildman–Crippen LogP) is 2.62. The number of carbonyl (C=O) groups excluding carboxylic acids is 1. The van der Waals surface area contributed by atoms with Crippen molar-refractivity contribution in [2.24, 2.45) is 0 Å². The van der Waals surface area contributed by atoms with Crippen LogP contribution in [0.2, 0.25) is 5.02 Å². The number of benzene rings is 1. The molecule has 0 aliphatic carbocycles. The fourth-order valence-corrected chi connectivity index (χ4v) is 2.65. The second-order valence-corrected chi connectivity index (χ2v) is 5.16. The summed E-state index contributed by atoms with van der Waals surface area (Å²) in [5, 5.41) is 0.0288. The van der Waals surface area contributed by atoms with Gasteiger partial charge >= 0.3 is 0 Å². The number of aryl methyl sites for hydroxylation is 1. The highest BCUT2D eigenvalue weighted by Crippen LogP contribution is 2.28. The molecule has 20 heavy (non-hydrogen) atoms. The van der Waals surface area contributed by atoms with Crippen molar-refractivity contribution in [2.45, 2.75) is 12.8 Å². The number of carbonyl (C=O) groups is 1. The van der Waals surface area contributed by atoms with Crippen LogP contribution in [0.15, 0.2) is 41.3 Å². The van der Waals surface area contributed by atoms with Gasteiger partial charge in [-0.05, 0) is 30.5 Å². The number of nitrogens with zero attached hydrogens (tertiary/aromatic N) is 1. The number of para-hydroxylation sites is 1. The van der Waals surface area contributed by atoms with Gasteiger partial charge in [0.2, 0.25) is 0 Å². The molecule has 0 unspecified atom stereocenters. The number of hydrogen-bond donors (Lipinski definition) is 1. The van der Waals surface area contributed by atoms with E-state index in [9.17, 15) is 9.59 Å². The number of fused-ring (bicyclic) bond motifs is 1. The van der Waals surface area contributed by atoms with Crippen LogP contribution in [0.5, 0.6) is 0 Å². The molecule has 3 rings (SSSR count). The van der Waals surface area contributed by atoms with Gasteiger partial charge in [-0.25, -0.2) is 0 Å². The highest BCUT2D eigenvalue weighted by molar-refractivity contribution is 6.30. The van der Waals surface area contributed by atoms with Crippen LogP contribution in [-0.2, 0) is 6.42 Å². The summed E-state index contributed by atoms with van der Waals surface area (Å²) in [5.41, 5.74) is 2.11. The van der Waals surface area contributed by atoms with Gasteiger partial charge in [0.05, 0.1) is 5.56 Å². The first-order valence-electron chi connectivity index (χ1n) is 6.45. The SMILES string of the molecule is O=C(c1c[nH]c(=O)c(Cl)c1)N1CCCc2ccccc21. The van der Waals surface area contributed by atoms with Gasteiger partial charge in [0.25, 0.3) is 11.5 Å². The monoisotopic (exact) mass is 288 g/mol. The molecule has 0 atom stereocenters. The smallest absolute Gasteiger partial charge is 0.266 e. The summed E-state index contributed by atoms with van der Waals surface area (Å²) in [5.74, 6) is -0.143. The van der Waals surface area contributed by atoms with Crippen LogP contribution in [0, 0.1) is 0 Å². The van der Waals surface area contributed by atoms with Gasteiger partial charge in [0, 0.05) is 18.4 Å². The number of nitrogens with one attached hydrogen (secondary N) is 1. The molecule has 0 bridgehead atoms. The Morgan fingerprint density at radius 2 is 2.10 bits per heavy atom. The molecule has 102 valence electrons. The van der Waals surface area contributed by atoms with Crippen molar-refractivity contribution in [3.63, 3.8) is 0 Å². The first kappa shape index (κ1) is 12.9. The van der Waals surface area contributed by atoms with Crippen molar-refractivity contribution in [3.8, 4) is 0 Å². The van der Waals surface area contributed by atoms with Crippen molar-refractivity contribution in [3.05, 3.63) is 63.0 Å². The molecule has 1 aliphatic heterocycles. The fraction of sp³-hybridized carbons (Fsp3) is 0.200. The Morgan fingerprint density at radius 1 is 1.30 bits per heavy atom. The molecule has 2 heterocycles. The number of amides is 1.